The Bertz CT molecular complexity index is 4820. The molecule has 0 atom stereocenters. The smallest absolute Gasteiger partial charge is 0.334 e. The molecule has 3 heterocycles. The van der Waals surface area contributed by atoms with Gasteiger partial charge in [0.25, 0.3) is 0 Å². The van der Waals surface area contributed by atoms with E-state index in [1.54, 1.807) is 164 Å². The van der Waals surface area contributed by atoms with Gasteiger partial charge in [-0.2, -0.15) is 21.0 Å². The molecule has 19 heteroatoms. The highest BCUT2D eigenvalue weighted by Crippen LogP contribution is 2.67. The molecule has 13 rings (SSSR count). The van der Waals surface area contributed by atoms with E-state index in [1.165, 1.54) is 18.2 Å². The molecule has 3 aromatic heterocycles. The second-order valence-corrected chi connectivity index (χ2v) is 23.6. The summed E-state index contributed by atoms with van der Waals surface area (Å²) < 4.78 is 27.1. The molecule has 0 spiro atoms. The maximum atomic E-state index is 16.3. The zero-order valence-electron chi connectivity index (χ0n) is 46.1. The summed E-state index contributed by atoms with van der Waals surface area (Å²) in [6, 6.07) is 56.5. The monoisotopic (exact) mass is 1220 g/mol. The second kappa shape index (κ2) is 23.0. The number of rotatable bonds is 14. The average Bonchev–Trinajstić information content (AvgIpc) is 1.49. The van der Waals surface area contributed by atoms with Gasteiger partial charge in [0, 0.05) is 43.0 Å². The van der Waals surface area contributed by atoms with Crippen molar-refractivity contribution in [2.45, 2.75) is 31.8 Å². The van der Waals surface area contributed by atoms with Gasteiger partial charge in [0.15, 0.2) is 0 Å². The summed E-state index contributed by atoms with van der Waals surface area (Å²) in [5, 5.41) is 41.5. The van der Waals surface area contributed by atoms with Gasteiger partial charge in [-0.3, -0.25) is 28.8 Å². The Labute approximate surface area is 518 Å². The van der Waals surface area contributed by atoms with Crippen LogP contribution >= 0.6 is 34.0 Å². The van der Waals surface area contributed by atoms with Crippen molar-refractivity contribution >= 4 is 121 Å². The first-order valence-corrected chi connectivity index (χ1v) is 29.8. The van der Waals surface area contributed by atoms with Crippen LogP contribution in [0.4, 0.5) is 5.00 Å². The Hall–Kier alpha value is -11.6. The van der Waals surface area contributed by atoms with Gasteiger partial charge in [-0.1, -0.05) is 170 Å². The molecule has 0 aliphatic heterocycles. The molecule has 0 bridgehead atoms. The molecule has 6 aromatic carbocycles. The van der Waals surface area contributed by atoms with Gasteiger partial charge in [0.05, 0.1) is 19.8 Å². The van der Waals surface area contributed by atoms with E-state index in [0.29, 0.717) is 46.6 Å². The number of fused-ring (bicyclic) bond motifs is 8. The molecule has 0 unspecified atom stereocenters. The van der Waals surface area contributed by atoms with Gasteiger partial charge in [0.2, 0.25) is 22.4 Å². The van der Waals surface area contributed by atoms with Crippen LogP contribution in [0.3, 0.4) is 0 Å². The summed E-state index contributed by atoms with van der Waals surface area (Å²) in [4.78, 5) is 104. The SMILES string of the molecule is N#CC(C#N)=C1C(=NC2=CC3=C(c4sc5c(sc6cc(N=C7C(=O)c8ccccc8C7=C(C#N)C#N)sc65)c4C3(C(=O)OCc3ccccc3)C(=O)OCc3ccccc3)C2(C(=O)OCc2ccccc2)C(=O)OCc2ccccc2)C(=O)c2ccccc21. The van der Waals surface area contributed by atoms with Crippen molar-refractivity contribution in [3.05, 3.63) is 259 Å². The number of Topliss-reactive ketones (excluding diaryl/α,β-unsaturated/α-hetero) is 2. The Balaban J connectivity index is 1.10. The molecule has 0 amide bonds. The number of nitrogens with zero attached hydrogens (tertiary/aromatic N) is 6. The summed E-state index contributed by atoms with van der Waals surface area (Å²) in [5.41, 5.74) is -5.60. The quantitative estimate of drug-likeness (QED) is 0.0424. The lowest BCUT2D eigenvalue weighted by atomic mass is 9.77. The second-order valence-electron chi connectivity index (χ2n) is 20.5. The molecule has 0 fully saturated rings. The maximum absolute atomic E-state index is 16.3. The number of benzene rings is 6. The number of hydrogen-bond donors (Lipinski definition) is 0. The van der Waals surface area contributed by atoms with Crippen molar-refractivity contribution in [1.29, 1.82) is 21.0 Å². The molecule has 0 radical (unpaired) electrons. The van der Waals surface area contributed by atoms with E-state index in [-0.39, 0.29) is 78.9 Å². The van der Waals surface area contributed by atoms with Crippen molar-refractivity contribution in [3.63, 3.8) is 0 Å². The number of hydrogen-bond acceptors (Lipinski definition) is 19. The molecule has 16 nitrogen and oxygen atoms in total. The van der Waals surface area contributed by atoms with E-state index in [1.807, 2.05) is 24.3 Å². The normalized spacial score (nSPS) is 15.5. The number of esters is 4. The Morgan fingerprint density at radius 1 is 0.438 bits per heavy atom. The Kier molecular flexibility index (Phi) is 14.6. The van der Waals surface area contributed by atoms with Crippen LogP contribution in [0.2, 0.25) is 0 Å². The summed E-state index contributed by atoms with van der Waals surface area (Å²) >= 11 is 3.27. The Morgan fingerprint density at radius 2 is 0.820 bits per heavy atom. The van der Waals surface area contributed by atoms with Gasteiger partial charge in [-0.05, 0) is 51.1 Å². The molecule has 426 valence electrons. The number of ether oxygens (including phenoxy) is 4. The molecule has 0 N–H and O–H groups in total. The van der Waals surface area contributed by atoms with Crippen LogP contribution in [-0.4, -0.2) is 46.9 Å². The number of ketones is 2. The summed E-state index contributed by atoms with van der Waals surface area (Å²) in [6.45, 7) is -1.63. The molecular formula is C70H38N6O10S3. The maximum Gasteiger partial charge on any atom is 0.334 e. The van der Waals surface area contributed by atoms with E-state index in [0.717, 1.165) is 34.0 Å². The van der Waals surface area contributed by atoms with E-state index >= 15 is 19.2 Å². The number of allylic oxidation sites excluding steroid dienone is 5. The molecule has 4 aliphatic carbocycles. The molecular weight excluding hydrogens is 1180 g/mol. The number of nitriles is 4. The molecule has 0 saturated carbocycles. The highest BCUT2D eigenvalue weighted by molar-refractivity contribution is 7.40. The van der Waals surface area contributed by atoms with Crippen molar-refractivity contribution < 1.29 is 47.7 Å². The topological polar surface area (TPSA) is 259 Å². The van der Waals surface area contributed by atoms with E-state index in [4.69, 9.17) is 28.9 Å². The number of carbonyl (C=O) groups is 6. The van der Waals surface area contributed by atoms with E-state index < -0.39 is 76.5 Å². The first-order valence-electron chi connectivity index (χ1n) is 27.3. The minimum Gasteiger partial charge on any atom is -0.459 e. The number of carbonyl (C=O) groups excluding carboxylic acids is 6. The minimum atomic E-state index is -2.96. The lowest BCUT2D eigenvalue weighted by Crippen LogP contribution is -2.46. The summed E-state index contributed by atoms with van der Waals surface area (Å²) in [6.07, 6.45) is 1.21. The third kappa shape index (κ3) is 9.21. The van der Waals surface area contributed by atoms with Crippen LogP contribution in [0.25, 0.3) is 35.5 Å². The largest absolute Gasteiger partial charge is 0.459 e. The molecule has 9 aromatic rings. The Morgan fingerprint density at radius 3 is 1.24 bits per heavy atom. The van der Waals surface area contributed by atoms with Crippen LogP contribution in [0.15, 0.2) is 214 Å². The summed E-state index contributed by atoms with van der Waals surface area (Å²) in [5.74, 6) is -6.27. The van der Waals surface area contributed by atoms with E-state index in [9.17, 15) is 30.6 Å². The fourth-order valence-corrected chi connectivity index (χ4v) is 15.9. The van der Waals surface area contributed by atoms with Gasteiger partial charge in [0.1, 0.15) is 78.3 Å². The molecule has 89 heavy (non-hydrogen) atoms. The first kappa shape index (κ1) is 56.5. The van der Waals surface area contributed by atoms with Gasteiger partial charge in [-0.15, -0.1) is 34.0 Å². The third-order valence-corrected chi connectivity index (χ3v) is 19.4. The minimum absolute atomic E-state index is 0.0144. The molecule has 0 saturated heterocycles. The van der Waals surface area contributed by atoms with Crippen LogP contribution in [0.1, 0.15) is 64.5 Å². The average molecular weight is 1220 g/mol. The highest BCUT2D eigenvalue weighted by atomic mass is 32.1. The standard InChI is InChI=1S/C70H38N6O10S3/c71-31-43(32-72)53-45-25-13-15-27-47(45)59(77)57(53)75-51-29-49-55(70(51,67(81)85-37-41-21-9-3-10-22-41)68(82)86-38-42-23-11-4-12-24-42)62-56(69(49,65(79)83-35-39-17-5-1-6-18-39)66(80)84-36-40-19-7-2-8-20-40)63-64(89-62)61-50(87-63)30-52(88-61)76-58-54(44(33-73)34-74)46-26-14-16-28-48(46)60(58)78/h1-30H,35-38H2. The van der Waals surface area contributed by atoms with Crippen molar-refractivity contribution in [1.82, 2.24) is 0 Å². The third-order valence-electron chi connectivity index (χ3n) is 15.5. The van der Waals surface area contributed by atoms with Crippen LogP contribution in [-0.2, 0) is 70.0 Å². The predicted octanol–water partition coefficient (Wildman–Crippen LogP) is 12.9. The highest BCUT2D eigenvalue weighted by Gasteiger charge is 2.71. The zero-order chi connectivity index (χ0) is 61.6. The van der Waals surface area contributed by atoms with Gasteiger partial charge >= 0.3 is 23.9 Å². The lowest BCUT2D eigenvalue weighted by molar-refractivity contribution is -0.167. The molecule has 4 aliphatic rings. The van der Waals surface area contributed by atoms with Crippen molar-refractivity contribution in [2.75, 3.05) is 0 Å². The predicted molar refractivity (Wildman–Crippen MR) is 332 cm³/mol. The first-order chi connectivity index (χ1) is 43.4. The van der Waals surface area contributed by atoms with Crippen LogP contribution in [0.5, 0.6) is 0 Å². The van der Waals surface area contributed by atoms with Crippen LogP contribution in [0, 0.1) is 50.7 Å². The summed E-state index contributed by atoms with van der Waals surface area (Å²) in [7, 11) is 0. The van der Waals surface area contributed by atoms with Crippen molar-refractivity contribution in [2.24, 2.45) is 15.4 Å². The fourth-order valence-electron chi connectivity index (χ4n) is 11.5. The van der Waals surface area contributed by atoms with E-state index in [2.05, 4.69) is 0 Å². The zero-order valence-corrected chi connectivity index (χ0v) is 48.6. The lowest BCUT2D eigenvalue weighted by Gasteiger charge is -2.29. The fraction of sp³-hybridized carbons (Fsp3) is 0.0857. The van der Waals surface area contributed by atoms with Crippen LogP contribution < -0.4 is 0 Å². The van der Waals surface area contributed by atoms with Gasteiger partial charge < -0.3 is 18.9 Å². The number of aliphatic imine (C=N–C) groups is 2. The van der Waals surface area contributed by atoms with Crippen molar-refractivity contribution in [3.8, 4) is 24.3 Å². The number of thiophene rings is 3. The van der Waals surface area contributed by atoms with Gasteiger partial charge in [-0.25, -0.2) is 9.98 Å².